The highest BCUT2D eigenvalue weighted by atomic mass is 19.4. The maximum absolute atomic E-state index is 13.1. The molecule has 0 saturated carbocycles. The Morgan fingerprint density at radius 2 is 2.00 bits per heavy atom. The zero-order valence-electron chi connectivity index (χ0n) is 17.1. The van der Waals surface area contributed by atoms with Gasteiger partial charge in [-0.3, -0.25) is 4.79 Å². The molecule has 0 spiro atoms. The normalized spacial score (nSPS) is 17.5. The Kier molecular flexibility index (Phi) is 5.09. The molecule has 3 aromatic rings. The van der Waals surface area contributed by atoms with Crippen LogP contribution in [0.2, 0.25) is 0 Å². The van der Waals surface area contributed by atoms with Gasteiger partial charge in [0.2, 0.25) is 0 Å². The number of nitrogens with one attached hydrogen (secondary N) is 1. The number of amides is 1. The molecular weight excluding hydrogens is 439 g/mol. The highest BCUT2D eigenvalue weighted by molar-refractivity contribution is 6.12. The molecule has 0 aliphatic carbocycles. The van der Waals surface area contributed by atoms with Gasteiger partial charge < -0.3 is 24.8 Å². The number of aromatic nitrogens is 1. The summed E-state index contributed by atoms with van der Waals surface area (Å²) in [5.74, 6) is 0.133. The average Bonchev–Trinajstić information content (AvgIpc) is 3.14. The van der Waals surface area contributed by atoms with Crippen molar-refractivity contribution in [3.05, 3.63) is 60.3 Å². The van der Waals surface area contributed by atoms with Gasteiger partial charge in [-0.15, -0.1) is 13.2 Å². The molecule has 1 aromatic heterocycles. The van der Waals surface area contributed by atoms with Crippen LogP contribution < -0.4 is 19.7 Å². The molecule has 1 fully saturated rings. The number of halogens is 3. The fraction of sp³-hybridized carbons (Fsp3) is 0.217. The molecule has 2 aliphatic rings. The van der Waals surface area contributed by atoms with E-state index >= 15 is 0 Å². The number of carbonyl (C=O) groups excluding carboxylic acids is 1. The van der Waals surface area contributed by atoms with Crippen LogP contribution in [0.15, 0.2) is 54.7 Å². The van der Waals surface area contributed by atoms with E-state index in [2.05, 4.69) is 15.0 Å². The molecule has 0 radical (unpaired) electrons. The Balaban J connectivity index is 1.51. The Morgan fingerprint density at radius 3 is 2.76 bits per heavy atom. The lowest BCUT2D eigenvalue weighted by atomic mass is 9.99. The third-order valence-electron chi connectivity index (χ3n) is 5.45. The van der Waals surface area contributed by atoms with Gasteiger partial charge in [0.25, 0.3) is 5.91 Å². The van der Waals surface area contributed by atoms with Crippen molar-refractivity contribution in [2.75, 3.05) is 23.3 Å². The summed E-state index contributed by atoms with van der Waals surface area (Å²) < 4.78 is 47.6. The van der Waals surface area contributed by atoms with Crippen molar-refractivity contribution in [3.63, 3.8) is 0 Å². The van der Waals surface area contributed by atoms with Gasteiger partial charge in [0, 0.05) is 25.4 Å². The van der Waals surface area contributed by atoms with E-state index < -0.39 is 24.1 Å². The summed E-state index contributed by atoms with van der Waals surface area (Å²) in [4.78, 5) is 19.5. The highest BCUT2D eigenvalue weighted by Gasteiger charge is 2.32. The van der Waals surface area contributed by atoms with Crippen LogP contribution in [-0.4, -0.2) is 41.6 Å². The van der Waals surface area contributed by atoms with E-state index in [0.717, 1.165) is 12.1 Å². The first-order valence-corrected chi connectivity index (χ1v) is 10.2. The van der Waals surface area contributed by atoms with E-state index in [1.807, 2.05) is 11.0 Å². The van der Waals surface area contributed by atoms with E-state index in [1.165, 1.54) is 6.07 Å². The molecule has 2 N–H and O–H groups in total. The average molecular weight is 457 g/mol. The number of aliphatic hydroxyl groups is 1. The van der Waals surface area contributed by atoms with Crippen molar-refractivity contribution in [3.8, 4) is 28.4 Å². The summed E-state index contributed by atoms with van der Waals surface area (Å²) in [5, 5.41) is 12.4. The summed E-state index contributed by atoms with van der Waals surface area (Å²) in [6.07, 6.45) is -2.99. The van der Waals surface area contributed by atoms with Gasteiger partial charge in [0.15, 0.2) is 5.75 Å². The van der Waals surface area contributed by atoms with Crippen molar-refractivity contribution in [2.24, 2.45) is 0 Å². The van der Waals surface area contributed by atoms with Crippen LogP contribution in [0.1, 0.15) is 16.8 Å². The number of ether oxygens (including phenoxy) is 2. The predicted molar refractivity (Wildman–Crippen MR) is 114 cm³/mol. The summed E-state index contributed by atoms with van der Waals surface area (Å²) in [5.41, 5.74) is 1.59. The molecule has 10 heteroatoms. The number of alkyl halides is 3. The van der Waals surface area contributed by atoms with Gasteiger partial charge in [-0.1, -0.05) is 12.1 Å². The van der Waals surface area contributed by atoms with Crippen LogP contribution in [0.4, 0.5) is 24.7 Å². The van der Waals surface area contributed by atoms with Gasteiger partial charge in [-0.05, 0) is 47.9 Å². The van der Waals surface area contributed by atoms with Gasteiger partial charge in [-0.25, -0.2) is 4.98 Å². The number of rotatable bonds is 3. The van der Waals surface area contributed by atoms with Gasteiger partial charge in [0.05, 0.1) is 17.4 Å². The number of hydrogen-bond donors (Lipinski definition) is 2. The topological polar surface area (TPSA) is 83.9 Å². The first-order valence-electron chi connectivity index (χ1n) is 10.2. The molecule has 0 unspecified atom stereocenters. The van der Waals surface area contributed by atoms with Gasteiger partial charge >= 0.3 is 6.36 Å². The summed E-state index contributed by atoms with van der Waals surface area (Å²) in [7, 11) is 0. The standard InChI is InChI=1S/C23H18F3N3O4/c24-23(25,26)33-15-4-5-18-17(11-15)28-22(31)21-16(2-1-3-19(21)32-18)13-6-8-27-20(10-13)29-9-7-14(30)12-29/h1-6,8,10-11,14,30H,7,9,12H2,(H,28,31)/t14-/m0/s1. The van der Waals surface area contributed by atoms with E-state index in [9.17, 15) is 23.1 Å². The molecule has 3 heterocycles. The third-order valence-corrected chi connectivity index (χ3v) is 5.45. The van der Waals surface area contributed by atoms with E-state index in [-0.39, 0.29) is 22.7 Å². The van der Waals surface area contributed by atoms with Crippen LogP contribution in [0.3, 0.4) is 0 Å². The first kappa shape index (κ1) is 21.1. The van der Waals surface area contributed by atoms with Crippen molar-refractivity contribution in [1.82, 2.24) is 4.98 Å². The maximum atomic E-state index is 13.1. The zero-order chi connectivity index (χ0) is 23.2. The minimum atomic E-state index is -4.86. The number of aliphatic hydroxyl groups excluding tert-OH is 1. The molecule has 5 rings (SSSR count). The fourth-order valence-corrected chi connectivity index (χ4v) is 4.00. The summed E-state index contributed by atoms with van der Waals surface area (Å²) in [6.45, 7) is 1.15. The van der Waals surface area contributed by atoms with Gasteiger partial charge in [-0.2, -0.15) is 0 Å². The second-order valence-electron chi connectivity index (χ2n) is 7.73. The quantitative estimate of drug-likeness (QED) is 0.599. The monoisotopic (exact) mass is 457 g/mol. The first-order chi connectivity index (χ1) is 15.8. The molecule has 1 atom stereocenters. The number of carbonyl (C=O) groups is 1. The lowest BCUT2D eigenvalue weighted by Gasteiger charge is -2.18. The van der Waals surface area contributed by atoms with Crippen LogP contribution >= 0.6 is 0 Å². The van der Waals surface area contributed by atoms with Crippen LogP contribution in [0.25, 0.3) is 11.1 Å². The molecule has 2 aliphatic heterocycles. The van der Waals surface area contributed by atoms with Crippen LogP contribution in [0.5, 0.6) is 17.2 Å². The second kappa shape index (κ2) is 7.96. The minimum Gasteiger partial charge on any atom is -0.454 e. The SMILES string of the molecule is O=C1Nc2cc(OC(F)(F)F)ccc2Oc2cccc(-c3ccnc(N4CC[C@H](O)C4)c3)c21. The number of β-amino-alcohol motifs (C(OH)–C–C–N with tert-alkyl or cyclic N) is 1. The Hall–Kier alpha value is -3.79. The van der Waals surface area contributed by atoms with Gasteiger partial charge in [0.1, 0.15) is 17.3 Å². The van der Waals surface area contributed by atoms with Crippen molar-refractivity contribution >= 4 is 17.4 Å². The highest BCUT2D eigenvalue weighted by Crippen LogP contribution is 2.42. The molecule has 170 valence electrons. The molecule has 33 heavy (non-hydrogen) atoms. The van der Waals surface area contributed by atoms with E-state index in [1.54, 1.807) is 30.5 Å². The molecule has 1 saturated heterocycles. The third kappa shape index (κ3) is 4.29. The van der Waals surface area contributed by atoms with Crippen LogP contribution in [-0.2, 0) is 0 Å². The van der Waals surface area contributed by atoms with Crippen LogP contribution in [0, 0.1) is 0 Å². The number of benzene rings is 2. The molecule has 7 nitrogen and oxygen atoms in total. The van der Waals surface area contributed by atoms with Crippen molar-refractivity contribution in [2.45, 2.75) is 18.9 Å². The lowest BCUT2D eigenvalue weighted by Crippen LogP contribution is -2.22. The fourth-order valence-electron chi connectivity index (χ4n) is 4.00. The lowest BCUT2D eigenvalue weighted by molar-refractivity contribution is -0.274. The minimum absolute atomic E-state index is 0.0605. The Bertz CT molecular complexity index is 1230. The molecular formula is C23H18F3N3O4. The predicted octanol–water partition coefficient (Wildman–Crippen LogP) is 4.58. The largest absolute Gasteiger partial charge is 0.573 e. The number of hydrogen-bond acceptors (Lipinski definition) is 6. The summed E-state index contributed by atoms with van der Waals surface area (Å²) >= 11 is 0. The zero-order valence-corrected chi connectivity index (χ0v) is 17.1. The van der Waals surface area contributed by atoms with E-state index in [0.29, 0.717) is 36.5 Å². The second-order valence-corrected chi connectivity index (χ2v) is 7.73. The van der Waals surface area contributed by atoms with E-state index in [4.69, 9.17) is 4.74 Å². The molecule has 1 amide bonds. The maximum Gasteiger partial charge on any atom is 0.573 e. The smallest absolute Gasteiger partial charge is 0.454 e. The number of anilines is 2. The molecule has 2 aromatic carbocycles. The molecule has 0 bridgehead atoms. The number of fused-ring (bicyclic) bond motifs is 2. The number of nitrogens with zero attached hydrogens (tertiary/aromatic N) is 2. The summed E-state index contributed by atoms with van der Waals surface area (Å²) in [6, 6.07) is 12.2. The van der Waals surface area contributed by atoms with Crippen molar-refractivity contribution in [1.29, 1.82) is 0 Å². The Morgan fingerprint density at radius 1 is 1.15 bits per heavy atom. The van der Waals surface area contributed by atoms with Crippen molar-refractivity contribution < 1.29 is 32.5 Å². The Labute approximate surface area is 186 Å². The number of pyridine rings is 1.